The highest BCUT2D eigenvalue weighted by Gasteiger charge is 2.07. The average molecular weight is 279 g/mol. The van der Waals surface area contributed by atoms with Crippen molar-refractivity contribution in [3.8, 4) is 0 Å². The fourth-order valence-electron chi connectivity index (χ4n) is 2.53. The van der Waals surface area contributed by atoms with E-state index in [2.05, 4.69) is 35.8 Å². The lowest BCUT2D eigenvalue weighted by molar-refractivity contribution is 0.100. The van der Waals surface area contributed by atoms with Crippen LogP contribution in [0, 0.1) is 6.92 Å². The molecule has 0 saturated carbocycles. The van der Waals surface area contributed by atoms with Gasteiger partial charge < -0.3 is 16.0 Å². The lowest BCUT2D eigenvalue weighted by Crippen LogP contribution is -2.12. The van der Waals surface area contributed by atoms with Crippen LogP contribution >= 0.6 is 0 Å². The second-order valence-electron chi connectivity index (χ2n) is 5.28. The minimum atomic E-state index is -0.463. The summed E-state index contributed by atoms with van der Waals surface area (Å²) in [5, 5.41) is 1.21. The summed E-state index contributed by atoms with van der Waals surface area (Å²) in [4.78, 5) is 11.1. The van der Waals surface area contributed by atoms with Gasteiger partial charge in [-0.3, -0.25) is 4.79 Å². The third-order valence-corrected chi connectivity index (χ3v) is 3.70. The van der Waals surface area contributed by atoms with E-state index in [-0.39, 0.29) is 0 Å². The van der Waals surface area contributed by atoms with E-state index in [0.717, 1.165) is 5.56 Å². The molecule has 0 unspecified atom stereocenters. The fraction of sp³-hybridized carbons (Fsp3) is 0.118. The highest BCUT2D eigenvalue weighted by Crippen LogP contribution is 2.21. The fourth-order valence-corrected chi connectivity index (χ4v) is 2.53. The SMILES string of the molecule is Cc1ccc2c(ccn2Cc2ccc(C(N)=O)cc2N)c1. The van der Waals surface area contributed by atoms with Gasteiger partial charge in [0.05, 0.1) is 0 Å². The summed E-state index contributed by atoms with van der Waals surface area (Å²) in [6.07, 6.45) is 2.05. The summed E-state index contributed by atoms with van der Waals surface area (Å²) in [5.74, 6) is -0.463. The number of anilines is 1. The molecule has 0 aliphatic carbocycles. The van der Waals surface area contributed by atoms with Crippen LogP contribution in [0.1, 0.15) is 21.5 Å². The van der Waals surface area contributed by atoms with E-state index in [1.165, 1.54) is 16.5 Å². The molecule has 0 spiro atoms. The molecule has 0 atom stereocenters. The third-order valence-electron chi connectivity index (χ3n) is 3.70. The lowest BCUT2D eigenvalue weighted by Gasteiger charge is -2.10. The molecule has 1 heterocycles. The van der Waals surface area contributed by atoms with Crippen molar-refractivity contribution in [3.63, 3.8) is 0 Å². The van der Waals surface area contributed by atoms with Crippen molar-refractivity contribution in [2.75, 3.05) is 5.73 Å². The van der Waals surface area contributed by atoms with Gasteiger partial charge in [-0.05, 0) is 48.2 Å². The Morgan fingerprint density at radius 3 is 2.67 bits per heavy atom. The van der Waals surface area contributed by atoms with Crippen LogP contribution in [0.5, 0.6) is 0 Å². The highest BCUT2D eigenvalue weighted by molar-refractivity contribution is 5.93. The van der Waals surface area contributed by atoms with Crippen molar-refractivity contribution in [2.24, 2.45) is 5.73 Å². The van der Waals surface area contributed by atoms with Crippen LogP contribution in [0.4, 0.5) is 5.69 Å². The molecule has 0 saturated heterocycles. The number of nitrogen functional groups attached to an aromatic ring is 1. The van der Waals surface area contributed by atoms with E-state index in [1.54, 1.807) is 12.1 Å². The van der Waals surface area contributed by atoms with Crippen molar-refractivity contribution in [1.82, 2.24) is 4.57 Å². The van der Waals surface area contributed by atoms with E-state index >= 15 is 0 Å². The van der Waals surface area contributed by atoms with Crippen molar-refractivity contribution in [1.29, 1.82) is 0 Å². The van der Waals surface area contributed by atoms with E-state index in [4.69, 9.17) is 11.5 Å². The molecular weight excluding hydrogens is 262 g/mol. The average Bonchev–Trinajstić information content (AvgIpc) is 2.83. The summed E-state index contributed by atoms with van der Waals surface area (Å²) in [7, 11) is 0. The van der Waals surface area contributed by atoms with Crippen molar-refractivity contribution >= 4 is 22.5 Å². The predicted molar refractivity (Wildman–Crippen MR) is 85.1 cm³/mol. The van der Waals surface area contributed by atoms with E-state index in [1.807, 2.05) is 12.3 Å². The molecule has 21 heavy (non-hydrogen) atoms. The molecular formula is C17H17N3O. The van der Waals surface area contributed by atoms with Gasteiger partial charge in [0.2, 0.25) is 5.91 Å². The smallest absolute Gasteiger partial charge is 0.248 e. The van der Waals surface area contributed by atoms with E-state index < -0.39 is 5.91 Å². The number of carbonyl (C=O) groups excluding carboxylic acids is 1. The largest absolute Gasteiger partial charge is 0.398 e. The Labute approximate surface area is 123 Å². The van der Waals surface area contributed by atoms with Crippen LogP contribution in [0.3, 0.4) is 0 Å². The first-order chi connectivity index (χ1) is 10.0. The number of aromatic nitrogens is 1. The van der Waals surface area contributed by atoms with Gasteiger partial charge >= 0.3 is 0 Å². The minimum absolute atomic E-state index is 0.434. The summed E-state index contributed by atoms with van der Waals surface area (Å²) >= 11 is 0. The minimum Gasteiger partial charge on any atom is -0.398 e. The molecule has 0 bridgehead atoms. The first-order valence-electron chi connectivity index (χ1n) is 6.78. The zero-order chi connectivity index (χ0) is 15.0. The standard InChI is InChI=1S/C17H17N3O/c1-11-2-5-16-12(8-11)6-7-20(16)10-14-4-3-13(17(19)21)9-15(14)18/h2-9H,10,18H2,1H3,(H2,19,21). The maximum atomic E-state index is 11.1. The number of hydrogen-bond donors (Lipinski definition) is 2. The first kappa shape index (κ1) is 13.2. The van der Waals surface area contributed by atoms with Crippen LogP contribution < -0.4 is 11.5 Å². The van der Waals surface area contributed by atoms with Crippen molar-refractivity contribution < 1.29 is 4.79 Å². The predicted octanol–water partition coefficient (Wildman–Crippen LogP) is 2.68. The van der Waals surface area contributed by atoms with Crippen molar-refractivity contribution in [2.45, 2.75) is 13.5 Å². The van der Waals surface area contributed by atoms with Gasteiger partial charge in [0.15, 0.2) is 0 Å². The first-order valence-corrected chi connectivity index (χ1v) is 6.78. The Bertz CT molecular complexity index is 833. The molecule has 106 valence electrons. The second-order valence-corrected chi connectivity index (χ2v) is 5.28. The normalized spacial score (nSPS) is 10.9. The summed E-state index contributed by atoms with van der Waals surface area (Å²) in [5.41, 5.74) is 15.7. The number of aryl methyl sites for hydroxylation is 1. The number of nitrogens with two attached hydrogens (primary N) is 2. The molecule has 4 heteroatoms. The third kappa shape index (κ3) is 2.48. The molecule has 0 aliphatic rings. The maximum absolute atomic E-state index is 11.1. The number of amides is 1. The van der Waals surface area contributed by atoms with Crippen LogP contribution in [-0.4, -0.2) is 10.5 Å². The monoisotopic (exact) mass is 279 g/mol. The van der Waals surface area contributed by atoms with Gasteiger partial charge in [-0.2, -0.15) is 0 Å². The number of nitrogens with zero attached hydrogens (tertiary/aromatic N) is 1. The number of benzene rings is 2. The Hall–Kier alpha value is -2.75. The highest BCUT2D eigenvalue weighted by atomic mass is 16.1. The number of carbonyl (C=O) groups is 1. The molecule has 4 N–H and O–H groups in total. The molecule has 0 fully saturated rings. The van der Waals surface area contributed by atoms with Gasteiger partial charge in [0, 0.05) is 29.5 Å². The van der Waals surface area contributed by atoms with E-state index in [9.17, 15) is 4.79 Å². The second kappa shape index (κ2) is 4.98. The van der Waals surface area contributed by atoms with Gasteiger partial charge in [-0.25, -0.2) is 0 Å². The Morgan fingerprint density at radius 1 is 1.14 bits per heavy atom. The van der Waals surface area contributed by atoms with Gasteiger partial charge in [-0.1, -0.05) is 17.7 Å². The molecule has 3 aromatic rings. The maximum Gasteiger partial charge on any atom is 0.248 e. The Balaban J connectivity index is 1.97. The van der Waals surface area contributed by atoms with E-state index in [0.29, 0.717) is 17.8 Å². The van der Waals surface area contributed by atoms with Crippen LogP contribution in [0.25, 0.3) is 10.9 Å². The zero-order valence-electron chi connectivity index (χ0n) is 11.8. The quantitative estimate of drug-likeness (QED) is 0.723. The summed E-state index contributed by atoms with van der Waals surface area (Å²) < 4.78 is 2.14. The van der Waals surface area contributed by atoms with Crippen LogP contribution in [0.15, 0.2) is 48.7 Å². The number of primary amides is 1. The number of hydrogen-bond acceptors (Lipinski definition) is 2. The molecule has 0 aliphatic heterocycles. The molecule has 3 rings (SSSR count). The lowest BCUT2D eigenvalue weighted by atomic mass is 10.1. The molecule has 2 aromatic carbocycles. The topological polar surface area (TPSA) is 74.0 Å². The zero-order valence-corrected chi connectivity index (χ0v) is 11.8. The molecule has 1 amide bonds. The Morgan fingerprint density at radius 2 is 1.95 bits per heavy atom. The number of fused-ring (bicyclic) bond motifs is 1. The number of rotatable bonds is 3. The Kier molecular flexibility index (Phi) is 3.14. The van der Waals surface area contributed by atoms with Crippen LogP contribution in [0.2, 0.25) is 0 Å². The van der Waals surface area contributed by atoms with Crippen molar-refractivity contribution in [3.05, 3.63) is 65.4 Å². The molecule has 0 radical (unpaired) electrons. The summed E-state index contributed by atoms with van der Waals surface area (Å²) in [6.45, 7) is 2.74. The molecule has 4 nitrogen and oxygen atoms in total. The van der Waals surface area contributed by atoms with Gasteiger partial charge in [0.1, 0.15) is 0 Å². The van der Waals surface area contributed by atoms with Crippen LogP contribution in [-0.2, 0) is 6.54 Å². The van der Waals surface area contributed by atoms with Gasteiger partial charge in [0.25, 0.3) is 0 Å². The van der Waals surface area contributed by atoms with Gasteiger partial charge in [-0.15, -0.1) is 0 Å². The summed E-state index contributed by atoms with van der Waals surface area (Å²) in [6, 6.07) is 13.7. The molecule has 1 aromatic heterocycles.